The first-order chi connectivity index (χ1) is 9.29. The van der Waals surface area contributed by atoms with Crippen molar-refractivity contribution in [3.63, 3.8) is 0 Å². The van der Waals surface area contributed by atoms with E-state index in [1.165, 1.54) is 5.56 Å². The van der Waals surface area contributed by atoms with Crippen LogP contribution >= 0.6 is 0 Å². The summed E-state index contributed by atoms with van der Waals surface area (Å²) >= 11 is 0. The second kappa shape index (κ2) is 6.67. The highest BCUT2D eigenvalue weighted by molar-refractivity contribution is 5.90. The van der Waals surface area contributed by atoms with Gasteiger partial charge in [0.2, 0.25) is 0 Å². The van der Waals surface area contributed by atoms with Gasteiger partial charge in [0.1, 0.15) is 5.78 Å². The zero-order valence-corrected chi connectivity index (χ0v) is 11.5. The van der Waals surface area contributed by atoms with E-state index < -0.39 is 0 Å². The maximum absolute atomic E-state index is 12.7. The van der Waals surface area contributed by atoms with Crippen molar-refractivity contribution < 1.29 is 4.79 Å². The lowest BCUT2D eigenvalue weighted by molar-refractivity contribution is -0.125. The van der Waals surface area contributed by atoms with Crippen LogP contribution in [0.25, 0.3) is 0 Å². The minimum atomic E-state index is -0.256. The van der Waals surface area contributed by atoms with Crippen molar-refractivity contribution in [3.05, 3.63) is 48.6 Å². The minimum absolute atomic E-state index is 0.256. The van der Waals surface area contributed by atoms with Crippen molar-refractivity contribution in [2.75, 3.05) is 13.1 Å². The lowest BCUT2D eigenvalue weighted by Gasteiger charge is -2.37. The highest BCUT2D eigenvalue weighted by atomic mass is 16.1. The predicted molar refractivity (Wildman–Crippen MR) is 79.3 cm³/mol. The minimum Gasteiger partial charge on any atom is -0.317 e. The Bertz CT molecular complexity index is 418. The average Bonchev–Trinajstić information content (AvgIpc) is 2.49. The predicted octanol–water partition coefficient (Wildman–Crippen LogP) is 3.23. The molecular formula is C17H23NO. The molecule has 1 saturated heterocycles. The molecule has 1 aromatic rings. The van der Waals surface area contributed by atoms with Gasteiger partial charge in [-0.15, -0.1) is 6.58 Å². The Balaban J connectivity index is 2.19. The molecular weight excluding hydrogens is 234 g/mol. The van der Waals surface area contributed by atoms with Crippen LogP contribution in [0.4, 0.5) is 0 Å². The van der Waals surface area contributed by atoms with Gasteiger partial charge in [0.15, 0.2) is 0 Å². The number of hydrogen-bond donors (Lipinski definition) is 1. The molecule has 0 aliphatic carbocycles. The van der Waals surface area contributed by atoms with Gasteiger partial charge >= 0.3 is 0 Å². The van der Waals surface area contributed by atoms with Crippen molar-refractivity contribution in [2.45, 2.75) is 37.5 Å². The highest BCUT2D eigenvalue weighted by Gasteiger charge is 2.39. The van der Waals surface area contributed by atoms with Crippen LogP contribution < -0.4 is 5.32 Å². The fourth-order valence-electron chi connectivity index (χ4n) is 2.99. The molecule has 0 radical (unpaired) electrons. The van der Waals surface area contributed by atoms with Crippen LogP contribution in [-0.4, -0.2) is 18.9 Å². The Morgan fingerprint density at radius 1 is 1.26 bits per heavy atom. The number of piperidine rings is 1. The Labute approximate surface area is 115 Å². The van der Waals surface area contributed by atoms with E-state index in [4.69, 9.17) is 0 Å². The number of ketones is 1. The standard InChI is InChI=1S/C17H23NO/c1-2-3-5-10-16(19)17(11-13-18-14-12-17)15-8-6-4-7-9-15/h2,4,6-9,18H,1,3,5,10-14H2. The molecule has 2 nitrogen and oxygen atoms in total. The van der Waals surface area contributed by atoms with Gasteiger partial charge in [0.25, 0.3) is 0 Å². The molecule has 1 aliphatic rings. The molecule has 2 heteroatoms. The van der Waals surface area contributed by atoms with Crippen LogP contribution in [0.2, 0.25) is 0 Å². The topological polar surface area (TPSA) is 29.1 Å². The van der Waals surface area contributed by atoms with Crippen molar-refractivity contribution >= 4 is 5.78 Å². The Hall–Kier alpha value is -1.41. The number of carbonyl (C=O) groups is 1. The molecule has 1 fully saturated rings. The molecule has 102 valence electrons. The summed E-state index contributed by atoms with van der Waals surface area (Å²) in [6, 6.07) is 10.3. The summed E-state index contributed by atoms with van der Waals surface area (Å²) in [5.41, 5.74) is 0.938. The average molecular weight is 257 g/mol. The van der Waals surface area contributed by atoms with Gasteiger partial charge in [-0.05, 0) is 44.3 Å². The second-order valence-corrected chi connectivity index (χ2v) is 5.30. The molecule has 0 atom stereocenters. The molecule has 0 bridgehead atoms. The monoisotopic (exact) mass is 257 g/mol. The Morgan fingerprint density at radius 3 is 2.58 bits per heavy atom. The zero-order chi connectivity index (χ0) is 13.6. The molecule has 0 aromatic heterocycles. The number of benzene rings is 1. The van der Waals surface area contributed by atoms with E-state index >= 15 is 0 Å². The van der Waals surface area contributed by atoms with E-state index in [1.807, 2.05) is 24.3 Å². The summed E-state index contributed by atoms with van der Waals surface area (Å²) in [7, 11) is 0. The van der Waals surface area contributed by atoms with Crippen LogP contribution in [0.1, 0.15) is 37.7 Å². The van der Waals surface area contributed by atoms with Crippen molar-refractivity contribution in [3.8, 4) is 0 Å². The molecule has 0 spiro atoms. The van der Waals surface area contributed by atoms with Crippen LogP contribution in [0, 0.1) is 0 Å². The smallest absolute Gasteiger partial charge is 0.143 e. The van der Waals surface area contributed by atoms with Gasteiger partial charge in [0.05, 0.1) is 5.41 Å². The number of Topliss-reactive ketones (excluding diaryl/α,β-unsaturated/α-hetero) is 1. The molecule has 1 aromatic carbocycles. The van der Waals surface area contributed by atoms with Gasteiger partial charge in [-0.3, -0.25) is 4.79 Å². The van der Waals surface area contributed by atoms with E-state index in [0.717, 1.165) is 38.8 Å². The second-order valence-electron chi connectivity index (χ2n) is 5.30. The maximum atomic E-state index is 12.7. The number of rotatable bonds is 6. The first kappa shape index (κ1) is 14.0. The van der Waals surface area contributed by atoms with Gasteiger partial charge in [-0.1, -0.05) is 36.4 Å². The summed E-state index contributed by atoms with van der Waals surface area (Å²) in [6.45, 7) is 5.59. The summed E-state index contributed by atoms with van der Waals surface area (Å²) in [4.78, 5) is 12.7. The molecule has 0 unspecified atom stereocenters. The van der Waals surface area contributed by atoms with Gasteiger partial charge in [0, 0.05) is 6.42 Å². The van der Waals surface area contributed by atoms with E-state index in [-0.39, 0.29) is 5.41 Å². The van der Waals surface area contributed by atoms with E-state index in [0.29, 0.717) is 12.2 Å². The van der Waals surface area contributed by atoms with Gasteiger partial charge in [-0.25, -0.2) is 0 Å². The van der Waals surface area contributed by atoms with E-state index in [2.05, 4.69) is 24.0 Å². The number of carbonyl (C=O) groups excluding carboxylic acids is 1. The molecule has 0 saturated carbocycles. The first-order valence-corrected chi connectivity index (χ1v) is 7.20. The fourth-order valence-corrected chi connectivity index (χ4v) is 2.99. The first-order valence-electron chi connectivity index (χ1n) is 7.20. The summed E-state index contributed by atoms with van der Waals surface area (Å²) in [5.74, 6) is 0.405. The van der Waals surface area contributed by atoms with Gasteiger partial charge in [-0.2, -0.15) is 0 Å². The molecule has 2 rings (SSSR count). The number of hydrogen-bond acceptors (Lipinski definition) is 2. The lowest BCUT2D eigenvalue weighted by Crippen LogP contribution is -2.45. The molecule has 1 aliphatic heterocycles. The third kappa shape index (κ3) is 3.13. The molecule has 1 N–H and O–H groups in total. The van der Waals surface area contributed by atoms with Crippen LogP contribution in [0.3, 0.4) is 0 Å². The largest absolute Gasteiger partial charge is 0.317 e. The summed E-state index contributed by atoms with van der Waals surface area (Å²) in [6.07, 6.45) is 6.25. The van der Waals surface area contributed by atoms with Crippen molar-refractivity contribution in [2.24, 2.45) is 0 Å². The third-order valence-electron chi connectivity index (χ3n) is 4.13. The van der Waals surface area contributed by atoms with E-state index in [1.54, 1.807) is 0 Å². The van der Waals surface area contributed by atoms with Gasteiger partial charge < -0.3 is 5.32 Å². The quantitative estimate of drug-likeness (QED) is 0.626. The normalized spacial score (nSPS) is 17.9. The Morgan fingerprint density at radius 2 is 1.95 bits per heavy atom. The fraction of sp³-hybridized carbons (Fsp3) is 0.471. The number of unbranched alkanes of at least 4 members (excludes halogenated alkanes) is 1. The highest BCUT2D eigenvalue weighted by Crippen LogP contribution is 2.35. The SMILES string of the molecule is C=CCCCC(=O)C1(c2ccccc2)CCNCC1. The Kier molecular flexibility index (Phi) is 4.92. The molecule has 0 amide bonds. The van der Waals surface area contributed by atoms with Crippen LogP contribution in [0.15, 0.2) is 43.0 Å². The van der Waals surface area contributed by atoms with Crippen LogP contribution in [0.5, 0.6) is 0 Å². The molecule has 19 heavy (non-hydrogen) atoms. The zero-order valence-electron chi connectivity index (χ0n) is 11.5. The van der Waals surface area contributed by atoms with Crippen molar-refractivity contribution in [1.29, 1.82) is 0 Å². The number of nitrogens with one attached hydrogen (secondary N) is 1. The van der Waals surface area contributed by atoms with Crippen molar-refractivity contribution in [1.82, 2.24) is 5.32 Å². The summed E-state index contributed by atoms with van der Waals surface area (Å²) < 4.78 is 0. The molecule has 1 heterocycles. The van der Waals surface area contributed by atoms with E-state index in [9.17, 15) is 4.79 Å². The van der Waals surface area contributed by atoms with Crippen LogP contribution in [-0.2, 0) is 10.2 Å². The number of allylic oxidation sites excluding steroid dienone is 1. The lowest BCUT2D eigenvalue weighted by atomic mass is 9.69. The summed E-state index contributed by atoms with van der Waals surface area (Å²) in [5, 5.41) is 3.36. The maximum Gasteiger partial charge on any atom is 0.143 e. The third-order valence-corrected chi connectivity index (χ3v) is 4.13.